The summed E-state index contributed by atoms with van der Waals surface area (Å²) in [5.41, 5.74) is -0.140. The van der Waals surface area contributed by atoms with Crippen LogP contribution >= 0.6 is 11.6 Å². The molecular weight excluding hydrogens is 214 g/mol. The molecule has 0 saturated carbocycles. The monoisotopic (exact) mass is 227 g/mol. The lowest BCUT2D eigenvalue weighted by atomic mass is 9.85. The van der Waals surface area contributed by atoms with E-state index >= 15 is 0 Å². The molecule has 82 valence electrons. The number of hydrogen-bond acceptors (Lipinski definition) is 3. The van der Waals surface area contributed by atoms with Gasteiger partial charge in [-0.25, -0.2) is 0 Å². The Balaban J connectivity index is 2.35. The zero-order valence-electron chi connectivity index (χ0n) is 8.33. The first-order chi connectivity index (χ1) is 7.12. The molecule has 0 aromatic heterocycles. The molecule has 1 heterocycles. The Kier molecular flexibility index (Phi) is 2.87. The lowest BCUT2D eigenvalue weighted by Gasteiger charge is -2.33. The third kappa shape index (κ3) is 2.09. The van der Waals surface area contributed by atoms with Crippen LogP contribution in [0, 0.1) is 0 Å². The van der Waals surface area contributed by atoms with E-state index in [0.717, 1.165) is 13.1 Å². The summed E-state index contributed by atoms with van der Waals surface area (Å²) in [7, 11) is 0. The fraction of sp³-hybridized carbons (Fsp3) is 0.455. The molecule has 1 saturated heterocycles. The molecular formula is C11H14ClNO2. The van der Waals surface area contributed by atoms with Crippen LogP contribution in [0.15, 0.2) is 18.2 Å². The van der Waals surface area contributed by atoms with E-state index in [-0.39, 0.29) is 5.75 Å². The van der Waals surface area contributed by atoms with Gasteiger partial charge in [0.1, 0.15) is 5.75 Å². The SMILES string of the molecule is Oc1ccc(C2(O)CCNCC2)c(Cl)c1. The second-order valence-corrected chi connectivity index (χ2v) is 4.35. The third-order valence-electron chi connectivity index (χ3n) is 2.88. The summed E-state index contributed by atoms with van der Waals surface area (Å²) in [4.78, 5) is 0. The van der Waals surface area contributed by atoms with Crippen LogP contribution in [0.1, 0.15) is 18.4 Å². The Morgan fingerprint density at radius 2 is 1.93 bits per heavy atom. The first kappa shape index (κ1) is 10.7. The van der Waals surface area contributed by atoms with Crippen LogP contribution in [-0.2, 0) is 5.60 Å². The van der Waals surface area contributed by atoms with Gasteiger partial charge in [-0.05, 0) is 38.1 Å². The second-order valence-electron chi connectivity index (χ2n) is 3.95. The molecule has 1 aliphatic heterocycles. The minimum absolute atomic E-state index is 0.126. The van der Waals surface area contributed by atoms with Crippen molar-refractivity contribution in [1.29, 1.82) is 0 Å². The molecule has 1 aromatic carbocycles. The zero-order valence-corrected chi connectivity index (χ0v) is 9.09. The van der Waals surface area contributed by atoms with Crippen molar-refractivity contribution in [2.75, 3.05) is 13.1 Å². The zero-order chi connectivity index (χ0) is 10.9. The average molecular weight is 228 g/mol. The van der Waals surface area contributed by atoms with Crippen LogP contribution < -0.4 is 5.32 Å². The lowest BCUT2D eigenvalue weighted by Crippen LogP contribution is -2.39. The van der Waals surface area contributed by atoms with Crippen molar-refractivity contribution in [2.24, 2.45) is 0 Å². The molecule has 0 amide bonds. The van der Waals surface area contributed by atoms with E-state index in [1.54, 1.807) is 12.1 Å². The van der Waals surface area contributed by atoms with E-state index in [2.05, 4.69) is 5.32 Å². The molecule has 2 rings (SSSR count). The van der Waals surface area contributed by atoms with Crippen molar-refractivity contribution in [2.45, 2.75) is 18.4 Å². The Morgan fingerprint density at radius 3 is 2.53 bits per heavy atom. The molecule has 0 atom stereocenters. The lowest BCUT2D eigenvalue weighted by molar-refractivity contribution is 0.00602. The Hall–Kier alpha value is -0.770. The fourth-order valence-corrected chi connectivity index (χ4v) is 2.34. The Morgan fingerprint density at radius 1 is 1.27 bits per heavy atom. The highest BCUT2D eigenvalue weighted by Gasteiger charge is 2.32. The minimum Gasteiger partial charge on any atom is -0.508 e. The fourth-order valence-electron chi connectivity index (χ4n) is 1.99. The molecule has 0 unspecified atom stereocenters. The summed E-state index contributed by atoms with van der Waals surface area (Å²) < 4.78 is 0. The number of phenols is 1. The van der Waals surface area contributed by atoms with Crippen LogP contribution in [-0.4, -0.2) is 23.3 Å². The molecule has 3 N–H and O–H groups in total. The van der Waals surface area contributed by atoms with Crippen LogP contribution in [0.25, 0.3) is 0 Å². The summed E-state index contributed by atoms with van der Waals surface area (Å²) >= 11 is 6.01. The van der Waals surface area contributed by atoms with E-state index in [9.17, 15) is 10.2 Å². The Bertz CT molecular complexity index is 362. The second kappa shape index (κ2) is 4.00. The van der Waals surface area contributed by atoms with Crippen molar-refractivity contribution in [3.8, 4) is 5.75 Å². The standard InChI is InChI=1S/C11H14ClNO2/c12-10-7-8(14)1-2-9(10)11(15)3-5-13-6-4-11/h1-2,7,13-15H,3-6H2. The van der Waals surface area contributed by atoms with Crippen LogP contribution in [0.3, 0.4) is 0 Å². The number of phenolic OH excluding ortho intramolecular Hbond substituents is 1. The van der Waals surface area contributed by atoms with E-state index in [0.29, 0.717) is 23.4 Å². The minimum atomic E-state index is -0.851. The number of rotatable bonds is 1. The van der Waals surface area contributed by atoms with Gasteiger partial charge in [0.05, 0.1) is 10.6 Å². The number of hydrogen-bond donors (Lipinski definition) is 3. The molecule has 0 bridgehead atoms. The topological polar surface area (TPSA) is 52.5 Å². The average Bonchev–Trinajstić information content (AvgIpc) is 2.18. The number of piperidine rings is 1. The smallest absolute Gasteiger partial charge is 0.117 e. The first-order valence-corrected chi connectivity index (χ1v) is 5.42. The Labute approximate surface area is 93.7 Å². The summed E-state index contributed by atoms with van der Waals surface area (Å²) in [6.45, 7) is 1.57. The van der Waals surface area contributed by atoms with E-state index in [4.69, 9.17) is 11.6 Å². The van der Waals surface area contributed by atoms with Crippen LogP contribution in [0.5, 0.6) is 5.75 Å². The van der Waals surface area contributed by atoms with Gasteiger partial charge in [-0.2, -0.15) is 0 Å². The maximum Gasteiger partial charge on any atom is 0.117 e. The molecule has 0 radical (unpaired) electrons. The van der Waals surface area contributed by atoms with Gasteiger partial charge in [0.2, 0.25) is 0 Å². The molecule has 1 fully saturated rings. The van der Waals surface area contributed by atoms with Gasteiger partial charge >= 0.3 is 0 Å². The normalized spacial score (nSPS) is 20.1. The number of benzene rings is 1. The van der Waals surface area contributed by atoms with Gasteiger partial charge in [-0.1, -0.05) is 17.7 Å². The molecule has 3 nitrogen and oxygen atoms in total. The molecule has 15 heavy (non-hydrogen) atoms. The molecule has 0 aliphatic carbocycles. The number of nitrogens with one attached hydrogen (secondary N) is 1. The van der Waals surface area contributed by atoms with Crippen LogP contribution in [0.4, 0.5) is 0 Å². The van der Waals surface area contributed by atoms with Gasteiger partial charge in [0.25, 0.3) is 0 Å². The third-order valence-corrected chi connectivity index (χ3v) is 3.20. The van der Waals surface area contributed by atoms with Gasteiger partial charge in [-0.3, -0.25) is 0 Å². The highest BCUT2D eigenvalue weighted by atomic mass is 35.5. The van der Waals surface area contributed by atoms with Gasteiger partial charge in [-0.15, -0.1) is 0 Å². The summed E-state index contributed by atoms with van der Waals surface area (Å²) in [6, 6.07) is 4.72. The largest absolute Gasteiger partial charge is 0.508 e. The number of aliphatic hydroxyl groups is 1. The van der Waals surface area contributed by atoms with Crippen molar-refractivity contribution >= 4 is 11.6 Å². The molecule has 4 heteroatoms. The highest BCUT2D eigenvalue weighted by molar-refractivity contribution is 6.31. The number of halogens is 1. The van der Waals surface area contributed by atoms with Crippen molar-refractivity contribution in [3.63, 3.8) is 0 Å². The first-order valence-electron chi connectivity index (χ1n) is 5.04. The van der Waals surface area contributed by atoms with E-state index < -0.39 is 5.60 Å². The van der Waals surface area contributed by atoms with E-state index in [1.165, 1.54) is 6.07 Å². The van der Waals surface area contributed by atoms with Gasteiger partial charge in [0, 0.05) is 5.56 Å². The molecule has 1 aliphatic rings. The van der Waals surface area contributed by atoms with E-state index in [1.807, 2.05) is 0 Å². The van der Waals surface area contributed by atoms with Crippen molar-refractivity contribution in [3.05, 3.63) is 28.8 Å². The summed E-state index contributed by atoms with van der Waals surface area (Å²) in [5, 5.41) is 23.3. The summed E-state index contributed by atoms with van der Waals surface area (Å²) in [5.74, 6) is 0.126. The molecule has 1 aromatic rings. The highest BCUT2D eigenvalue weighted by Crippen LogP contribution is 2.36. The van der Waals surface area contributed by atoms with Crippen molar-refractivity contribution < 1.29 is 10.2 Å². The maximum atomic E-state index is 10.4. The van der Waals surface area contributed by atoms with Crippen molar-refractivity contribution in [1.82, 2.24) is 5.32 Å². The summed E-state index contributed by atoms with van der Waals surface area (Å²) in [6.07, 6.45) is 1.30. The van der Waals surface area contributed by atoms with Gasteiger partial charge in [0.15, 0.2) is 0 Å². The van der Waals surface area contributed by atoms with Gasteiger partial charge < -0.3 is 15.5 Å². The van der Waals surface area contributed by atoms with Crippen LogP contribution in [0.2, 0.25) is 5.02 Å². The number of aromatic hydroxyl groups is 1. The predicted octanol–water partition coefficient (Wildman–Crippen LogP) is 1.62. The maximum absolute atomic E-state index is 10.4. The quantitative estimate of drug-likeness (QED) is 0.684. The molecule has 0 spiro atoms. The predicted molar refractivity (Wildman–Crippen MR) is 59.1 cm³/mol.